The number of nitrogens with one attached hydrogen (secondary N) is 1. The molecule has 1 aliphatic rings. The molecule has 1 N–H and O–H groups in total. The molecule has 4 aromatic heterocycles. The Bertz CT molecular complexity index is 1260. The van der Waals surface area contributed by atoms with Crippen LogP contribution < -0.4 is 5.32 Å². The van der Waals surface area contributed by atoms with Gasteiger partial charge in [0, 0.05) is 25.5 Å². The lowest BCUT2D eigenvalue weighted by Crippen LogP contribution is -2.43. The minimum Gasteiger partial charge on any atom is -0.379 e. The number of methoxy groups -OCH3 is 1. The lowest BCUT2D eigenvalue weighted by atomic mass is 10.1. The average Bonchev–Trinajstić information content (AvgIpc) is 3.34. The molecule has 1 saturated heterocycles. The van der Waals surface area contributed by atoms with Crippen LogP contribution in [0.25, 0.3) is 27.9 Å². The van der Waals surface area contributed by atoms with E-state index in [2.05, 4.69) is 25.4 Å². The van der Waals surface area contributed by atoms with Crippen LogP contribution in [-0.4, -0.2) is 68.0 Å². The molecule has 5 heterocycles. The quantitative estimate of drug-likeness (QED) is 0.490. The van der Waals surface area contributed by atoms with Crippen molar-refractivity contribution in [2.45, 2.75) is 38.5 Å². The predicted molar refractivity (Wildman–Crippen MR) is 114 cm³/mol. The first-order chi connectivity index (χ1) is 15.5. The Balaban J connectivity index is 1.47. The molecule has 0 spiro atoms. The molecule has 0 bridgehead atoms. The van der Waals surface area contributed by atoms with Crippen LogP contribution >= 0.6 is 0 Å². The number of aromatic nitrogens is 6. The maximum atomic E-state index is 13.0. The molecule has 4 aromatic rings. The molecule has 9 nitrogen and oxygen atoms in total. The zero-order chi connectivity index (χ0) is 22.2. The molecule has 1 fully saturated rings. The van der Waals surface area contributed by atoms with E-state index in [4.69, 9.17) is 9.47 Å². The second kappa shape index (κ2) is 8.40. The summed E-state index contributed by atoms with van der Waals surface area (Å²) >= 11 is 0. The van der Waals surface area contributed by atoms with Crippen molar-refractivity contribution in [1.82, 2.24) is 29.1 Å². The predicted octanol–water partition coefficient (Wildman–Crippen LogP) is 2.93. The van der Waals surface area contributed by atoms with Gasteiger partial charge in [-0.3, -0.25) is 0 Å². The SMILES string of the molecule is CO[C@@H]1COCC[C@H]1Nc1ncc2c(-c3ccc4nc(C)n(CC(F)F)c4n3)ccn2n1. The van der Waals surface area contributed by atoms with Gasteiger partial charge < -0.3 is 19.4 Å². The van der Waals surface area contributed by atoms with Gasteiger partial charge in [0.25, 0.3) is 6.43 Å². The maximum Gasteiger partial charge on any atom is 0.256 e. The molecule has 11 heteroatoms. The summed E-state index contributed by atoms with van der Waals surface area (Å²) < 4.78 is 40.2. The van der Waals surface area contributed by atoms with Gasteiger partial charge in [0.15, 0.2) is 5.65 Å². The van der Waals surface area contributed by atoms with Crippen molar-refractivity contribution in [3.63, 3.8) is 0 Å². The summed E-state index contributed by atoms with van der Waals surface area (Å²) in [6.45, 7) is 2.44. The summed E-state index contributed by atoms with van der Waals surface area (Å²) in [5, 5.41) is 7.89. The largest absolute Gasteiger partial charge is 0.379 e. The van der Waals surface area contributed by atoms with Crippen molar-refractivity contribution >= 4 is 22.6 Å². The number of ether oxygens (including phenoxy) is 2. The van der Waals surface area contributed by atoms with Gasteiger partial charge in [-0.1, -0.05) is 0 Å². The number of fused-ring (bicyclic) bond motifs is 2. The fourth-order valence-electron chi connectivity index (χ4n) is 4.08. The summed E-state index contributed by atoms with van der Waals surface area (Å²) in [6, 6.07) is 5.57. The fourth-order valence-corrected chi connectivity index (χ4v) is 4.08. The van der Waals surface area contributed by atoms with E-state index < -0.39 is 13.0 Å². The number of aryl methyl sites for hydroxylation is 1. The molecule has 0 aromatic carbocycles. The van der Waals surface area contributed by atoms with Crippen molar-refractivity contribution in [2.75, 3.05) is 25.6 Å². The minimum absolute atomic E-state index is 0.0590. The maximum absolute atomic E-state index is 13.0. The minimum atomic E-state index is -2.49. The van der Waals surface area contributed by atoms with Gasteiger partial charge in [-0.2, -0.15) is 0 Å². The molecule has 0 unspecified atom stereocenters. The first-order valence-electron chi connectivity index (χ1n) is 10.4. The van der Waals surface area contributed by atoms with Crippen LogP contribution in [-0.2, 0) is 16.0 Å². The standard InChI is InChI=1S/C21H23F2N7O2/c1-12-25-16-4-3-14(26-20(16)29(12)10-19(22)23)13-5-7-30-17(13)9-24-21(28-30)27-15-6-8-32-11-18(15)31-2/h3-5,7,9,15,18-19H,6,8,10-11H2,1-2H3,(H,27,28)/t15-,18-/m1/s1. The summed E-state index contributed by atoms with van der Waals surface area (Å²) in [6.07, 6.45) is 1.79. The van der Waals surface area contributed by atoms with Crippen LogP contribution in [0.5, 0.6) is 0 Å². The lowest BCUT2D eigenvalue weighted by Gasteiger charge is -2.30. The Morgan fingerprint density at radius 2 is 2.16 bits per heavy atom. The lowest BCUT2D eigenvalue weighted by molar-refractivity contribution is -0.0368. The van der Waals surface area contributed by atoms with Gasteiger partial charge in [0.1, 0.15) is 17.4 Å². The number of imidazole rings is 1. The third-order valence-corrected chi connectivity index (χ3v) is 5.72. The number of pyridine rings is 1. The van der Waals surface area contributed by atoms with Crippen LogP contribution in [0.1, 0.15) is 12.2 Å². The van der Waals surface area contributed by atoms with Gasteiger partial charge >= 0.3 is 0 Å². The molecule has 5 rings (SSSR count). The zero-order valence-corrected chi connectivity index (χ0v) is 17.7. The van der Waals surface area contributed by atoms with E-state index in [1.54, 1.807) is 30.8 Å². The number of anilines is 1. The molecule has 2 atom stereocenters. The molecule has 1 aliphatic heterocycles. The van der Waals surface area contributed by atoms with E-state index in [9.17, 15) is 8.78 Å². The Morgan fingerprint density at radius 1 is 1.28 bits per heavy atom. The van der Waals surface area contributed by atoms with E-state index in [-0.39, 0.29) is 12.1 Å². The molecule has 0 radical (unpaired) electrons. The van der Waals surface area contributed by atoms with Crippen LogP contribution in [0.15, 0.2) is 30.6 Å². The number of halogens is 2. The molecule has 0 aliphatic carbocycles. The third-order valence-electron chi connectivity index (χ3n) is 5.72. The summed E-state index contributed by atoms with van der Waals surface area (Å²) in [7, 11) is 1.66. The fraction of sp³-hybridized carbons (Fsp3) is 0.429. The number of alkyl halides is 2. The van der Waals surface area contributed by atoms with Crippen molar-refractivity contribution in [2.24, 2.45) is 0 Å². The van der Waals surface area contributed by atoms with E-state index in [0.29, 0.717) is 41.8 Å². The van der Waals surface area contributed by atoms with Crippen molar-refractivity contribution in [3.8, 4) is 11.3 Å². The number of hydrogen-bond donors (Lipinski definition) is 1. The molecular formula is C21H23F2N7O2. The molecular weight excluding hydrogens is 420 g/mol. The monoisotopic (exact) mass is 443 g/mol. The van der Waals surface area contributed by atoms with Crippen molar-refractivity contribution < 1.29 is 18.3 Å². The van der Waals surface area contributed by atoms with Gasteiger partial charge in [0.05, 0.1) is 36.6 Å². The Labute approximate surface area is 182 Å². The van der Waals surface area contributed by atoms with Gasteiger partial charge in [-0.05, 0) is 31.5 Å². The van der Waals surface area contributed by atoms with Crippen LogP contribution in [0.4, 0.5) is 14.7 Å². The van der Waals surface area contributed by atoms with E-state index >= 15 is 0 Å². The van der Waals surface area contributed by atoms with E-state index in [1.807, 2.05) is 18.3 Å². The molecule has 168 valence electrons. The second-order valence-corrected chi connectivity index (χ2v) is 7.73. The highest BCUT2D eigenvalue weighted by Crippen LogP contribution is 2.27. The topological polar surface area (TPSA) is 91.4 Å². The van der Waals surface area contributed by atoms with Gasteiger partial charge in [0.2, 0.25) is 5.95 Å². The van der Waals surface area contributed by atoms with Crippen LogP contribution in [0.2, 0.25) is 0 Å². The second-order valence-electron chi connectivity index (χ2n) is 7.73. The van der Waals surface area contributed by atoms with Gasteiger partial charge in [-0.25, -0.2) is 28.2 Å². The van der Waals surface area contributed by atoms with E-state index in [1.165, 1.54) is 4.57 Å². The highest BCUT2D eigenvalue weighted by Gasteiger charge is 2.26. The molecule has 0 amide bonds. The number of nitrogens with zero attached hydrogens (tertiary/aromatic N) is 6. The van der Waals surface area contributed by atoms with Crippen LogP contribution in [0, 0.1) is 6.92 Å². The highest BCUT2D eigenvalue weighted by molar-refractivity contribution is 5.82. The molecule has 32 heavy (non-hydrogen) atoms. The summed E-state index contributed by atoms with van der Waals surface area (Å²) in [4.78, 5) is 13.4. The number of hydrogen-bond acceptors (Lipinski definition) is 7. The van der Waals surface area contributed by atoms with Gasteiger partial charge in [-0.15, -0.1) is 5.10 Å². The number of rotatable bonds is 6. The smallest absolute Gasteiger partial charge is 0.256 e. The van der Waals surface area contributed by atoms with Crippen LogP contribution in [0.3, 0.4) is 0 Å². The highest BCUT2D eigenvalue weighted by atomic mass is 19.3. The normalized spacial score (nSPS) is 19.3. The first kappa shape index (κ1) is 20.7. The Morgan fingerprint density at radius 3 is 2.97 bits per heavy atom. The summed E-state index contributed by atoms with van der Waals surface area (Å²) in [5.74, 6) is 0.996. The Kier molecular flexibility index (Phi) is 5.43. The van der Waals surface area contributed by atoms with Crippen molar-refractivity contribution in [3.05, 3.63) is 36.4 Å². The average molecular weight is 443 g/mol. The third kappa shape index (κ3) is 3.78. The molecule has 0 saturated carbocycles. The van der Waals surface area contributed by atoms with Crippen molar-refractivity contribution in [1.29, 1.82) is 0 Å². The first-order valence-corrected chi connectivity index (χ1v) is 10.4. The summed E-state index contributed by atoms with van der Waals surface area (Å²) in [5.41, 5.74) is 3.23. The zero-order valence-electron chi connectivity index (χ0n) is 17.7. The van der Waals surface area contributed by atoms with E-state index in [0.717, 1.165) is 17.5 Å². The Hall–Kier alpha value is -3.18.